The second-order valence-electron chi connectivity index (χ2n) is 4.46. The lowest BCUT2D eigenvalue weighted by atomic mass is 10.2. The van der Waals surface area contributed by atoms with Crippen LogP contribution in [0.3, 0.4) is 0 Å². The predicted molar refractivity (Wildman–Crippen MR) is 75.9 cm³/mol. The lowest BCUT2D eigenvalue weighted by Gasteiger charge is -2.05. The topological polar surface area (TPSA) is 72.2 Å². The summed E-state index contributed by atoms with van der Waals surface area (Å²) in [6.07, 6.45) is 1.60. The molecule has 1 aromatic heterocycles. The van der Waals surface area contributed by atoms with Gasteiger partial charge in [-0.1, -0.05) is 5.16 Å². The second-order valence-corrected chi connectivity index (χ2v) is 5.84. The maximum absolute atomic E-state index is 12.0. The Hall–Kier alpha value is -1.95. The average molecular weight is 292 g/mol. The molecule has 0 saturated heterocycles. The summed E-state index contributed by atoms with van der Waals surface area (Å²) in [6, 6.07) is 6.72. The maximum atomic E-state index is 12.0. The Morgan fingerprint density at radius 1 is 1.30 bits per heavy atom. The molecular weight excluding hydrogens is 276 g/mol. The number of nitrogens with zero attached hydrogens (tertiary/aromatic N) is 1. The van der Waals surface area contributed by atoms with E-state index in [1.54, 1.807) is 30.5 Å². The fourth-order valence-electron chi connectivity index (χ4n) is 1.82. The van der Waals surface area contributed by atoms with Crippen LogP contribution in [0.2, 0.25) is 0 Å². The molecule has 1 aromatic carbocycles. The summed E-state index contributed by atoms with van der Waals surface area (Å²) in [6.45, 7) is 4.03. The van der Waals surface area contributed by atoms with Crippen LogP contribution < -0.4 is 5.32 Å². The molecule has 106 valence electrons. The number of nitrogens with one attached hydrogen (secondary N) is 1. The first-order chi connectivity index (χ1) is 9.49. The molecule has 0 bridgehead atoms. The first kappa shape index (κ1) is 14.5. The molecule has 0 aliphatic carbocycles. The zero-order valence-electron chi connectivity index (χ0n) is 11.6. The highest BCUT2D eigenvalue weighted by molar-refractivity contribution is 7.84. The Morgan fingerprint density at radius 2 is 1.95 bits per heavy atom. The zero-order valence-corrected chi connectivity index (χ0v) is 12.4. The smallest absolute Gasteiger partial charge is 0.251 e. The summed E-state index contributed by atoms with van der Waals surface area (Å²) in [7, 11) is -1.04. The third-order valence-corrected chi connectivity index (χ3v) is 3.99. The van der Waals surface area contributed by atoms with E-state index in [0.29, 0.717) is 22.8 Å². The summed E-state index contributed by atoms with van der Waals surface area (Å²) in [5.41, 5.74) is 2.20. The minimum atomic E-state index is -1.04. The van der Waals surface area contributed by atoms with E-state index in [1.807, 2.05) is 13.8 Å². The van der Waals surface area contributed by atoms with Gasteiger partial charge in [0.05, 0.1) is 5.69 Å². The van der Waals surface area contributed by atoms with E-state index in [1.165, 1.54) is 0 Å². The second kappa shape index (κ2) is 6.00. The van der Waals surface area contributed by atoms with Crippen LogP contribution in [-0.4, -0.2) is 21.5 Å². The molecule has 0 spiro atoms. The van der Waals surface area contributed by atoms with Gasteiger partial charge in [-0.2, -0.15) is 0 Å². The zero-order chi connectivity index (χ0) is 14.7. The minimum absolute atomic E-state index is 0.182. The molecule has 0 saturated carbocycles. The molecule has 1 unspecified atom stereocenters. The molecule has 0 radical (unpaired) electrons. The lowest BCUT2D eigenvalue weighted by molar-refractivity contribution is 0.0950. The van der Waals surface area contributed by atoms with Gasteiger partial charge in [0, 0.05) is 39.6 Å². The molecule has 5 nitrogen and oxygen atoms in total. The van der Waals surface area contributed by atoms with Gasteiger partial charge in [0.1, 0.15) is 5.76 Å². The van der Waals surface area contributed by atoms with Gasteiger partial charge in [-0.25, -0.2) is 0 Å². The standard InChI is InChI=1S/C14H16N2O3S/c1-9-13(10(2)19-16-9)8-15-14(17)11-4-6-12(7-5-11)20(3)18/h4-7H,8H2,1-3H3,(H,15,17). The number of carbonyl (C=O) groups is 1. The Kier molecular flexibility index (Phi) is 4.34. The van der Waals surface area contributed by atoms with E-state index >= 15 is 0 Å². The number of benzene rings is 1. The molecule has 1 heterocycles. The van der Waals surface area contributed by atoms with Crippen molar-refractivity contribution in [2.24, 2.45) is 0 Å². The van der Waals surface area contributed by atoms with Gasteiger partial charge in [0.15, 0.2) is 0 Å². The van der Waals surface area contributed by atoms with Crippen LogP contribution in [0.5, 0.6) is 0 Å². The third-order valence-electron chi connectivity index (χ3n) is 3.06. The largest absolute Gasteiger partial charge is 0.361 e. The molecule has 1 atom stereocenters. The first-order valence-electron chi connectivity index (χ1n) is 6.12. The van der Waals surface area contributed by atoms with Crippen molar-refractivity contribution in [3.05, 3.63) is 46.8 Å². The van der Waals surface area contributed by atoms with Gasteiger partial charge in [0.25, 0.3) is 5.91 Å². The van der Waals surface area contributed by atoms with Crippen molar-refractivity contribution < 1.29 is 13.5 Å². The highest BCUT2D eigenvalue weighted by Crippen LogP contribution is 2.12. The van der Waals surface area contributed by atoms with Crippen LogP contribution in [0, 0.1) is 13.8 Å². The van der Waals surface area contributed by atoms with E-state index < -0.39 is 10.8 Å². The van der Waals surface area contributed by atoms with Crippen LogP contribution in [0.25, 0.3) is 0 Å². The number of carbonyl (C=O) groups excluding carboxylic acids is 1. The van der Waals surface area contributed by atoms with E-state index in [9.17, 15) is 9.00 Å². The number of hydrogen-bond donors (Lipinski definition) is 1. The Morgan fingerprint density at radius 3 is 2.45 bits per heavy atom. The van der Waals surface area contributed by atoms with Gasteiger partial charge < -0.3 is 9.84 Å². The van der Waals surface area contributed by atoms with Crippen LogP contribution >= 0.6 is 0 Å². The highest BCUT2D eigenvalue weighted by Gasteiger charge is 2.11. The molecule has 1 N–H and O–H groups in total. The average Bonchev–Trinajstić information content (AvgIpc) is 2.75. The fraction of sp³-hybridized carbons (Fsp3) is 0.286. The molecule has 0 aliphatic heterocycles. The van der Waals surface area contributed by atoms with Crippen LogP contribution in [0.15, 0.2) is 33.7 Å². The third kappa shape index (κ3) is 3.14. The Bertz CT molecular complexity index is 627. The van der Waals surface area contributed by atoms with Crippen molar-refractivity contribution in [2.45, 2.75) is 25.3 Å². The first-order valence-corrected chi connectivity index (χ1v) is 7.68. The molecule has 0 fully saturated rings. The number of aryl methyl sites for hydroxylation is 2. The highest BCUT2D eigenvalue weighted by atomic mass is 32.2. The summed E-state index contributed by atoms with van der Waals surface area (Å²) in [5.74, 6) is 0.526. The van der Waals surface area contributed by atoms with Crippen molar-refractivity contribution in [1.29, 1.82) is 0 Å². The molecule has 2 rings (SSSR count). The van der Waals surface area contributed by atoms with E-state index in [0.717, 1.165) is 11.3 Å². The van der Waals surface area contributed by atoms with Gasteiger partial charge in [-0.05, 0) is 38.1 Å². The number of rotatable bonds is 4. The normalized spacial score (nSPS) is 12.2. The number of amides is 1. The van der Waals surface area contributed by atoms with Gasteiger partial charge in [0.2, 0.25) is 0 Å². The monoisotopic (exact) mass is 292 g/mol. The van der Waals surface area contributed by atoms with Crippen molar-refractivity contribution in [1.82, 2.24) is 10.5 Å². The maximum Gasteiger partial charge on any atom is 0.251 e. The van der Waals surface area contributed by atoms with Gasteiger partial charge >= 0.3 is 0 Å². The molecular formula is C14H16N2O3S. The lowest BCUT2D eigenvalue weighted by Crippen LogP contribution is -2.23. The van der Waals surface area contributed by atoms with Crippen LogP contribution in [0.4, 0.5) is 0 Å². The molecule has 1 amide bonds. The summed E-state index contributed by atoms with van der Waals surface area (Å²) in [5, 5.41) is 6.65. The Balaban J connectivity index is 2.03. The van der Waals surface area contributed by atoms with Crippen LogP contribution in [-0.2, 0) is 17.3 Å². The SMILES string of the molecule is Cc1noc(C)c1CNC(=O)c1ccc(S(C)=O)cc1. The number of aromatic nitrogens is 1. The van der Waals surface area contributed by atoms with Crippen molar-refractivity contribution in [3.8, 4) is 0 Å². The summed E-state index contributed by atoms with van der Waals surface area (Å²) in [4.78, 5) is 12.7. The van der Waals surface area contributed by atoms with Crippen molar-refractivity contribution in [3.63, 3.8) is 0 Å². The van der Waals surface area contributed by atoms with E-state index in [-0.39, 0.29) is 5.91 Å². The van der Waals surface area contributed by atoms with E-state index in [4.69, 9.17) is 4.52 Å². The van der Waals surface area contributed by atoms with Crippen molar-refractivity contribution in [2.75, 3.05) is 6.26 Å². The van der Waals surface area contributed by atoms with E-state index in [2.05, 4.69) is 10.5 Å². The molecule has 2 aromatic rings. The van der Waals surface area contributed by atoms with Gasteiger partial charge in [-0.15, -0.1) is 0 Å². The number of hydrogen-bond acceptors (Lipinski definition) is 4. The fourth-order valence-corrected chi connectivity index (χ4v) is 2.34. The summed E-state index contributed by atoms with van der Waals surface area (Å²) < 4.78 is 16.3. The summed E-state index contributed by atoms with van der Waals surface area (Å²) >= 11 is 0. The predicted octanol–water partition coefficient (Wildman–Crippen LogP) is 1.96. The molecule has 20 heavy (non-hydrogen) atoms. The Labute approximate surface area is 119 Å². The quantitative estimate of drug-likeness (QED) is 0.935. The molecule has 6 heteroatoms. The molecule has 0 aliphatic rings. The van der Waals surface area contributed by atoms with Crippen molar-refractivity contribution >= 4 is 16.7 Å². The minimum Gasteiger partial charge on any atom is -0.361 e. The van der Waals surface area contributed by atoms with Gasteiger partial charge in [-0.3, -0.25) is 9.00 Å². The van der Waals surface area contributed by atoms with Crippen LogP contribution in [0.1, 0.15) is 27.4 Å².